The Bertz CT molecular complexity index is 522. The first kappa shape index (κ1) is 13.2. The van der Waals surface area contributed by atoms with Gasteiger partial charge in [-0.25, -0.2) is 0 Å². The van der Waals surface area contributed by atoms with Crippen LogP contribution in [0.2, 0.25) is 0 Å². The van der Waals surface area contributed by atoms with E-state index in [2.05, 4.69) is 4.90 Å². The summed E-state index contributed by atoms with van der Waals surface area (Å²) in [6.07, 6.45) is 4.25. The van der Waals surface area contributed by atoms with Crippen molar-refractivity contribution in [2.75, 3.05) is 13.1 Å². The third-order valence-corrected chi connectivity index (χ3v) is 4.01. The molecular formula is C17H21NO2. The molecule has 0 atom stereocenters. The fourth-order valence-electron chi connectivity index (χ4n) is 2.98. The first-order valence-electron chi connectivity index (χ1n) is 7.41. The summed E-state index contributed by atoms with van der Waals surface area (Å²) in [6.45, 7) is 6.08. The number of hydrogen-bond donors (Lipinski definition) is 0. The molecule has 20 heavy (non-hydrogen) atoms. The van der Waals surface area contributed by atoms with Gasteiger partial charge in [-0.15, -0.1) is 0 Å². The minimum Gasteiger partial charge on any atom is -0.491 e. The number of nitrogens with zero attached hydrogens (tertiary/aromatic N) is 1. The first-order valence-corrected chi connectivity index (χ1v) is 7.41. The van der Waals surface area contributed by atoms with E-state index in [1.54, 1.807) is 0 Å². The molecule has 3 heterocycles. The summed E-state index contributed by atoms with van der Waals surface area (Å²) < 4.78 is 5.63. The lowest BCUT2D eigenvalue weighted by atomic mass is 9.84. The van der Waals surface area contributed by atoms with Crippen molar-refractivity contribution in [2.24, 2.45) is 5.92 Å². The van der Waals surface area contributed by atoms with Gasteiger partial charge in [0.25, 0.3) is 0 Å². The second-order valence-electron chi connectivity index (χ2n) is 5.89. The Morgan fingerprint density at radius 2 is 1.85 bits per heavy atom. The smallest absolute Gasteiger partial charge is 0.182 e. The molecular weight excluding hydrogens is 250 g/mol. The zero-order valence-corrected chi connectivity index (χ0v) is 12.1. The van der Waals surface area contributed by atoms with Crippen molar-refractivity contribution >= 4 is 11.9 Å². The molecule has 1 aromatic carbocycles. The minimum atomic E-state index is 0.181. The summed E-state index contributed by atoms with van der Waals surface area (Å²) in [5.74, 6) is 1.46. The highest BCUT2D eigenvalue weighted by molar-refractivity contribution is 6.01. The molecule has 4 rings (SSSR count). The quantitative estimate of drug-likeness (QED) is 0.791. The van der Waals surface area contributed by atoms with Gasteiger partial charge in [0, 0.05) is 19.0 Å². The third-order valence-electron chi connectivity index (χ3n) is 4.01. The summed E-state index contributed by atoms with van der Waals surface area (Å²) in [5.41, 5.74) is 1.96. The highest BCUT2D eigenvalue weighted by Gasteiger charge is 2.36. The highest BCUT2D eigenvalue weighted by Crippen LogP contribution is 2.32. The number of carbonyl (C=O) groups is 1. The predicted molar refractivity (Wildman–Crippen MR) is 79.5 cm³/mol. The average molecular weight is 271 g/mol. The molecule has 0 spiro atoms. The van der Waals surface area contributed by atoms with E-state index in [-0.39, 0.29) is 12.0 Å². The normalized spacial score (nSPS) is 21.1. The second-order valence-corrected chi connectivity index (χ2v) is 5.89. The fourth-order valence-corrected chi connectivity index (χ4v) is 2.98. The minimum absolute atomic E-state index is 0.181. The summed E-state index contributed by atoms with van der Waals surface area (Å²) in [7, 11) is 0. The molecule has 0 saturated carbocycles. The maximum Gasteiger partial charge on any atom is 0.182 e. The Balaban J connectivity index is 1.79. The van der Waals surface area contributed by atoms with Gasteiger partial charge in [0.05, 0.1) is 11.8 Å². The van der Waals surface area contributed by atoms with Crippen molar-refractivity contribution in [1.82, 2.24) is 4.90 Å². The fraction of sp³-hybridized carbons (Fsp3) is 0.471. The maximum atomic E-state index is 12.3. The van der Waals surface area contributed by atoms with Crippen LogP contribution in [-0.2, 0) is 4.79 Å². The molecule has 3 nitrogen and oxygen atoms in total. The van der Waals surface area contributed by atoms with Gasteiger partial charge < -0.3 is 9.64 Å². The van der Waals surface area contributed by atoms with Gasteiger partial charge in [-0.2, -0.15) is 0 Å². The monoisotopic (exact) mass is 271 g/mol. The van der Waals surface area contributed by atoms with Crippen LogP contribution in [0.25, 0.3) is 6.08 Å². The number of carbonyl (C=O) groups excluding carboxylic acids is 1. The maximum absolute atomic E-state index is 12.3. The van der Waals surface area contributed by atoms with Crippen LogP contribution in [0.15, 0.2) is 30.0 Å². The zero-order valence-electron chi connectivity index (χ0n) is 12.1. The standard InChI is InChI=1S/C17H21NO2/c1-12(2)20-15-5-3-13(4-6-15)11-16-17(19)14-7-9-18(16)10-8-14/h3-6,11-12,14H,7-10H2,1-2H3/b16-11-. The van der Waals surface area contributed by atoms with E-state index >= 15 is 0 Å². The molecule has 1 aromatic rings. The Morgan fingerprint density at radius 1 is 1.20 bits per heavy atom. The van der Waals surface area contributed by atoms with Crippen LogP contribution in [0.4, 0.5) is 0 Å². The summed E-state index contributed by atoms with van der Waals surface area (Å²) >= 11 is 0. The van der Waals surface area contributed by atoms with Crippen LogP contribution in [0.1, 0.15) is 32.3 Å². The lowest BCUT2D eigenvalue weighted by Gasteiger charge is -2.41. The number of ether oxygens (including phenoxy) is 1. The third kappa shape index (κ3) is 2.58. The van der Waals surface area contributed by atoms with E-state index in [4.69, 9.17) is 4.74 Å². The molecule has 0 N–H and O–H groups in total. The molecule has 2 bridgehead atoms. The molecule has 3 aliphatic heterocycles. The predicted octanol–water partition coefficient (Wildman–Crippen LogP) is 3.11. The van der Waals surface area contributed by atoms with Crippen molar-refractivity contribution in [3.05, 3.63) is 35.5 Å². The Hall–Kier alpha value is -1.77. The van der Waals surface area contributed by atoms with E-state index in [9.17, 15) is 4.79 Å². The molecule has 0 amide bonds. The van der Waals surface area contributed by atoms with Crippen molar-refractivity contribution in [3.63, 3.8) is 0 Å². The number of hydrogen-bond acceptors (Lipinski definition) is 3. The Kier molecular flexibility index (Phi) is 3.51. The van der Waals surface area contributed by atoms with Crippen molar-refractivity contribution < 1.29 is 9.53 Å². The van der Waals surface area contributed by atoms with Crippen molar-refractivity contribution in [1.29, 1.82) is 0 Å². The van der Waals surface area contributed by atoms with E-state index in [1.807, 2.05) is 44.2 Å². The van der Waals surface area contributed by atoms with Gasteiger partial charge >= 0.3 is 0 Å². The second kappa shape index (κ2) is 5.31. The molecule has 3 aliphatic rings. The van der Waals surface area contributed by atoms with Gasteiger partial charge in [-0.3, -0.25) is 4.79 Å². The summed E-state index contributed by atoms with van der Waals surface area (Å²) in [4.78, 5) is 14.5. The Labute approximate surface area is 120 Å². The molecule has 3 fully saturated rings. The van der Waals surface area contributed by atoms with Crippen LogP contribution in [0.3, 0.4) is 0 Å². The number of benzene rings is 1. The molecule has 0 unspecified atom stereocenters. The number of rotatable bonds is 3. The average Bonchev–Trinajstić information content (AvgIpc) is 2.44. The molecule has 0 radical (unpaired) electrons. The van der Waals surface area contributed by atoms with Gasteiger partial charge in [0.1, 0.15) is 5.75 Å². The highest BCUT2D eigenvalue weighted by atomic mass is 16.5. The lowest BCUT2D eigenvalue weighted by Crippen LogP contribution is -2.45. The van der Waals surface area contributed by atoms with E-state index < -0.39 is 0 Å². The zero-order chi connectivity index (χ0) is 14.1. The van der Waals surface area contributed by atoms with Crippen LogP contribution in [0, 0.1) is 5.92 Å². The number of Topliss-reactive ketones (excluding diaryl/α,β-unsaturated/α-hetero) is 1. The van der Waals surface area contributed by atoms with Gasteiger partial charge in [0.2, 0.25) is 0 Å². The van der Waals surface area contributed by atoms with Gasteiger partial charge in [-0.05, 0) is 50.5 Å². The summed E-state index contributed by atoms with van der Waals surface area (Å²) in [6, 6.07) is 7.96. The van der Waals surface area contributed by atoms with Crippen LogP contribution in [-0.4, -0.2) is 29.9 Å². The number of ketones is 1. The van der Waals surface area contributed by atoms with Crippen LogP contribution in [0.5, 0.6) is 5.75 Å². The molecule has 3 heteroatoms. The van der Waals surface area contributed by atoms with E-state index in [0.29, 0.717) is 5.78 Å². The van der Waals surface area contributed by atoms with Gasteiger partial charge in [0.15, 0.2) is 5.78 Å². The summed E-state index contributed by atoms with van der Waals surface area (Å²) in [5, 5.41) is 0. The molecule has 0 aromatic heterocycles. The van der Waals surface area contributed by atoms with Crippen LogP contribution < -0.4 is 4.74 Å². The van der Waals surface area contributed by atoms with Crippen LogP contribution >= 0.6 is 0 Å². The number of allylic oxidation sites excluding steroid dienone is 1. The number of fused-ring (bicyclic) bond motifs is 3. The van der Waals surface area contributed by atoms with Gasteiger partial charge in [-0.1, -0.05) is 12.1 Å². The SMILES string of the molecule is CC(C)Oc1ccc(/C=C2/C(=O)C3CCN2CC3)cc1. The topological polar surface area (TPSA) is 29.5 Å². The largest absolute Gasteiger partial charge is 0.491 e. The molecule has 3 saturated heterocycles. The molecule has 106 valence electrons. The molecule has 0 aliphatic carbocycles. The lowest BCUT2D eigenvalue weighted by molar-refractivity contribution is -0.125. The first-order chi connectivity index (χ1) is 9.63. The number of piperidine rings is 3. The van der Waals surface area contributed by atoms with E-state index in [1.165, 1.54) is 0 Å². The van der Waals surface area contributed by atoms with Crippen molar-refractivity contribution in [2.45, 2.75) is 32.8 Å². The van der Waals surface area contributed by atoms with E-state index in [0.717, 1.165) is 42.9 Å². The van der Waals surface area contributed by atoms with Crippen molar-refractivity contribution in [3.8, 4) is 5.75 Å². The Morgan fingerprint density at radius 3 is 2.40 bits per heavy atom.